The van der Waals surface area contributed by atoms with Crippen molar-refractivity contribution >= 4 is 53.9 Å². The van der Waals surface area contributed by atoms with Crippen LogP contribution in [0.15, 0.2) is 158 Å². The van der Waals surface area contributed by atoms with E-state index < -0.39 is 0 Å². The van der Waals surface area contributed by atoms with Crippen LogP contribution in [0, 0.1) is 0 Å². The molecule has 0 amide bonds. The van der Waals surface area contributed by atoms with E-state index in [1.165, 1.54) is 81.7 Å². The van der Waals surface area contributed by atoms with Crippen LogP contribution in [0.5, 0.6) is 11.5 Å². The van der Waals surface area contributed by atoms with E-state index in [2.05, 4.69) is 158 Å². The fraction of sp³-hybridized carbons (Fsp3) is 0. The number of ether oxygens (including phenoxy) is 1. The van der Waals surface area contributed by atoms with E-state index in [0.29, 0.717) is 0 Å². The zero-order valence-electron chi connectivity index (χ0n) is 24.4. The van der Waals surface area contributed by atoms with Crippen LogP contribution in [0.4, 0.5) is 0 Å². The van der Waals surface area contributed by atoms with Gasteiger partial charge in [-0.1, -0.05) is 133 Å². The second-order valence-corrected chi connectivity index (χ2v) is 12.0. The lowest BCUT2D eigenvalue weighted by Gasteiger charge is -2.23. The predicted molar refractivity (Wildman–Crippen MR) is 190 cm³/mol. The number of benzene rings is 9. The molecular weight excluding hydrogens is 544 g/mol. The Morgan fingerprint density at radius 2 is 1.00 bits per heavy atom. The Bertz CT molecular complexity index is 2670. The summed E-state index contributed by atoms with van der Waals surface area (Å²) in [6, 6.07) is 57.3. The van der Waals surface area contributed by atoms with Gasteiger partial charge in [-0.3, -0.25) is 0 Å². The van der Waals surface area contributed by atoms with Gasteiger partial charge in [-0.25, -0.2) is 0 Å². The fourth-order valence-corrected chi connectivity index (χ4v) is 7.62. The van der Waals surface area contributed by atoms with E-state index in [9.17, 15) is 0 Å². The first-order chi connectivity index (χ1) is 22.3. The van der Waals surface area contributed by atoms with Crippen molar-refractivity contribution < 1.29 is 4.74 Å². The van der Waals surface area contributed by atoms with Crippen LogP contribution in [0.1, 0.15) is 0 Å². The molecule has 9 aromatic rings. The summed E-state index contributed by atoms with van der Waals surface area (Å²) in [5.74, 6) is 1.83. The Kier molecular flexibility index (Phi) is 5.06. The van der Waals surface area contributed by atoms with Gasteiger partial charge in [0.2, 0.25) is 0 Å². The van der Waals surface area contributed by atoms with Gasteiger partial charge in [0.25, 0.3) is 0 Å². The van der Waals surface area contributed by atoms with Crippen molar-refractivity contribution in [1.82, 2.24) is 0 Å². The Balaban J connectivity index is 1.25. The zero-order chi connectivity index (χ0) is 29.5. The smallest absolute Gasteiger partial charge is 0.136 e. The maximum atomic E-state index is 6.64. The molecule has 1 heteroatoms. The molecule has 1 aliphatic rings. The summed E-state index contributed by atoms with van der Waals surface area (Å²) in [4.78, 5) is 0. The van der Waals surface area contributed by atoms with Crippen LogP contribution in [-0.4, -0.2) is 0 Å². The van der Waals surface area contributed by atoms with Gasteiger partial charge >= 0.3 is 0 Å². The van der Waals surface area contributed by atoms with Crippen LogP contribution < -0.4 is 4.74 Å². The molecule has 208 valence electrons. The van der Waals surface area contributed by atoms with Crippen molar-refractivity contribution in [3.8, 4) is 44.9 Å². The number of hydrogen-bond acceptors (Lipinski definition) is 1. The molecule has 0 fully saturated rings. The highest BCUT2D eigenvalue weighted by molar-refractivity contribution is 6.22. The van der Waals surface area contributed by atoms with E-state index in [1.807, 2.05) is 0 Å². The molecule has 0 radical (unpaired) electrons. The normalized spacial score (nSPS) is 12.2. The van der Waals surface area contributed by atoms with Crippen LogP contribution in [0.3, 0.4) is 0 Å². The van der Waals surface area contributed by atoms with Crippen molar-refractivity contribution in [2.24, 2.45) is 0 Å². The van der Waals surface area contributed by atoms with Crippen LogP contribution >= 0.6 is 0 Å². The molecule has 1 aliphatic heterocycles. The molecule has 0 bridgehead atoms. The third-order valence-corrected chi connectivity index (χ3v) is 9.61. The van der Waals surface area contributed by atoms with Gasteiger partial charge in [0.1, 0.15) is 11.5 Å². The largest absolute Gasteiger partial charge is 0.456 e. The van der Waals surface area contributed by atoms with Crippen LogP contribution in [0.25, 0.3) is 87.2 Å². The van der Waals surface area contributed by atoms with Gasteiger partial charge in [-0.2, -0.15) is 0 Å². The Hall–Kier alpha value is -5.92. The molecule has 9 aromatic carbocycles. The third-order valence-electron chi connectivity index (χ3n) is 9.61. The summed E-state index contributed by atoms with van der Waals surface area (Å²) in [5, 5.41) is 12.4. The Morgan fingerprint density at radius 1 is 0.311 bits per heavy atom. The molecule has 10 rings (SSSR count). The summed E-state index contributed by atoms with van der Waals surface area (Å²) in [6.07, 6.45) is 0. The topological polar surface area (TPSA) is 9.23 Å². The van der Waals surface area contributed by atoms with E-state index in [-0.39, 0.29) is 0 Å². The predicted octanol–water partition coefficient (Wildman–Crippen LogP) is 12.6. The average Bonchev–Trinajstić information content (AvgIpc) is 3.11. The van der Waals surface area contributed by atoms with Gasteiger partial charge in [-0.05, 0) is 101 Å². The molecular formula is C44H26O. The second kappa shape index (κ2) is 9.29. The van der Waals surface area contributed by atoms with Gasteiger partial charge in [0.15, 0.2) is 0 Å². The molecule has 1 nitrogen and oxygen atoms in total. The number of rotatable bonds is 2. The summed E-state index contributed by atoms with van der Waals surface area (Å²) in [5.41, 5.74) is 7.30. The maximum absolute atomic E-state index is 6.64. The molecule has 0 unspecified atom stereocenters. The minimum atomic E-state index is 0.900. The lowest BCUT2D eigenvalue weighted by molar-refractivity contribution is 0.488. The number of hydrogen-bond donors (Lipinski definition) is 0. The minimum Gasteiger partial charge on any atom is -0.456 e. The maximum Gasteiger partial charge on any atom is 0.136 e. The van der Waals surface area contributed by atoms with Crippen LogP contribution in [-0.2, 0) is 0 Å². The quantitative estimate of drug-likeness (QED) is 0.148. The molecule has 0 aliphatic carbocycles. The van der Waals surface area contributed by atoms with Gasteiger partial charge in [0, 0.05) is 10.9 Å². The Morgan fingerprint density at radius 3 is 1.87 bits per heavy atom. The molecule has 0 spiro atoms. The standard InChI is InChI=1S/C44H26O/c1-2-10-27(11-3-1)31-16-8-17-34-35(31)21-22-38-39(34)24-28-12-5-7-15-33(28)43(38)30-20-23-41-40(25-30)37-19-9-18-36-32-14-6-4-13-29(32)26-42(45-41)44(36)37/h1-26H. The van der Waals surface area contributed by atoms with E-state index in [4.69, 9.17) is 4.74 Å². The average molecular weight is 571 g/mol. The monoisotopic (exact) mass is 570 g/mol. The lowest BCUT2D eigenvalue weighted by Crippen LogP contribution is -1.98. The van der Waals surface area contributed by atoms with Crippen molar-refractivity contribution in [1.29, 1.82) is 0 Å². The highest BCUT2D eigenvalue weighted by atomic mass is 16.5. The Labute approximate surface area is 260 Å². The lowest BCUT2D eigenvalue weighted by atomic mass is 9.86. The molecule has 0 N–H and O–H groups in total. The summed E-state index contributed by atoms with van der Waals surface area (Å²) in [6.45, 7) is 0. The molecule has 0 atom stereocenters. The molecule has 0 saturated heterocycles. The first-order valence-electron chi connectivity index (χ1n) is 15.5. The van der Waals surface area contributed by atoms with Crippen molar-refractivity contribution in [2.45, 2.75) is 0 Å². The van der Waals surface area contributed by atoms with E-state index in [1.54, 1.807) is 0 Å². The molecule has 0 saturated carbocycles. The summed E-state index contributed by atoms with van der Waals surface area (Å²) in [7, 11) is 0. The van der Waals surface area contributed by atoms with E-state index in [0.717, 1.165) is 17.1 Å². The molecule has 1 heterocycles. The highest BCUT2D eigenvalue weighted by Crippen LogP contribution is 2.50. The van der Waals surface area contributed by atoms with E-state index >= 15 is 0 Å². The fourth-order valence-electron chi connectivity index (χ4n) is 7.62. The van der Waals surface area contributed by atoms with Crippen molar-refractivity contribution in [3.63, 3.8) is 0 Å². The highest BCUT2D eigenvalue weighted by Gasteiger charge is 2.23. The van der Waals surface area contributed by atoms with Crippen molar-refractivity contribution in [2.75, 3.05) is 0 Å². The first kappa shape index (κ1) is 24.5. The van der Waals surface area contributed by atoms with Crippen LogP contribution in [0.2, 0.25) is 0 Å². The minimum absolute atomic E-state index is 0.900. The molecule has 0 aromatic heterocycles. The summed E-state index contributed by atoms with van der Waals surface area (Å²) >= 11 is 0. The van der Waals surface area contributed by atoms with Gasteiger partial charge < -0.3 is 4.74 Å². The zero-order valence-corrected chi connectivity index (χ0v) is 24.4. The van der Waals surface area contributed by atoms with Gasteiger partial charge in [-0.15, -0.1) is 0 Å². The second-order valence-electron chi connectivity index (χ2n) is 12.0. The first-order valence-corrected chi connectivity index (χ1v) is 15.5. The SMILES string of the molecule is c1ccc(-c2cccc3c2ccc2c(-c4ccc5c(c4)-c4cccc6c4c(cc4ccccc46)O5)c4ccccc4cc23)cc1. The number of fused-ring (bicyclic) bond motifs is 8. The molecule has 45 heavy (non-hydrogen) atoms. The van der Waals surface area contributed by atoms with Gasteiger partial charge in [0.05, 0.1) is 0 Å². The third kappa shape index (κ3) is 3.56. The van der Waals surface area contributed by atoms with Crippen molar-refractivity contribution in [3.05, 3.63) is 158 Å². The summed E-state index contributed by atoms with van der Waals surface area (Å²) < 4.78 is 6.64.